The Labute approximate surface area is 103 Å². The third-order valence-electron chi connectivity index (χ3n) is 2.85. The van der Waals surface area contributed by atoms with Crippen molar-refractivity contribution < 1.29 is 0 Å². The number of halogens is 1. The summed E-state index contributed by atoms with van der Waals surface area (Å²) in [5.74, 6) is 0. The van der Waals surface area contributed by atoms with Crippen molar-refractivity contribution in [2.45, 2.75) is 26.4 Å². The summed E-state index contributed by atoms with van der Waals surface area (Å²) in [5.41, 5.74) is 1.33. The van der Waals surface area contributed by atoms with Gasteiger partial charge in [-0.15, -0.1) is 12.4 Å². The van der Waals surface area contributed by atoms with Gasteiger partial charge in [0.1, 0.15) is 0 Å². The van der Waals surface area contributed by atoms with Crippen LogP contribution >= 0.6 is 12.4 Å². The first-order chi connectivity index (χ1) is 7.38. The van der Waals surface area contributed by atoms with Gasteiger partial charge in [-0.3, -0.25) is 9.58 Å². The maximum absolute atomic E-state index is 4.30. The van der Waals surface area contributed by atoms with Crippen LogP contribution < -0.4 is 5.32 Å². The molecule has 0 radical (unpaired) electrons. The topological polar surface area (TPSA) is 33.1 Å². The molecule has 1 saturated heterocycles. The Morgan fingerprint density at radius 3 is 3.00 bits per heavy atom. The van der Waals surface area contributed by atoms with E-state index in [1.807, 2.05) is 10.9 Å². The Bertz CT molecular complexity index is 292. The van der Waals surface area contributed by atoms with E-state index in [1.165, 1.54) is 18.5 Å². The summed E-state index contributed by atoms with van der Waals surface area (Å²) in [6.07, 6.45) is 5.39. The van der Waals surface area contributed by atoms with E-state index in [2.05, 4.69) is 28.4 Å². The molecule has 0 amide bonds. The molecule has 0 aromatic carbocycles. The van der Waals surface area contributed by atoms with E-state index in [-0.39, 0.29) is 12.4 Å². The highest BCUT2D eigenvalue weighted by Gasteiger charge is 2.09. The van der Waals surface area contributed by atoms with Crippen LogP contribution in [0.25, 0.3) is 0 Å². The van der Waals surface area contributed by atoms with E-state index in [9.17, 15) is 0 Å². The molecule has 5 heteroatoms. The molecular weight excluding hydrogens is 224 g/mol. The van der Waals surface area contributed by atoms with Gasteiger partial charge in [0.05, 0.1) is 6.20 Å². The lowest BCUT2D eigenvalue weighted by molar-refractivity contribution is 0.284. The van der Waals surface area contributed by atoms with Gasteiger partial charge in [-0.05, 0) is 26.4 Å². The Morgan fingerprint density at radius 1 is 1.38 bits per heavy atom. The number of hydrogen-bond acceptors (Lipinski definition) is 3. The van der Waals surface area contributed by atoms with E-state index >= 15 is 0 Å². The molecule has 0 unspecified atom stereocenters. The van der Waals surface area contributed by atoms with E-state index in [4.69, 9.17) is 0 Å². The smallest absolute Gasteiger partial charge is 0.0534 e. The van der Waals surface area contributed by atoms with Crippen LogP contribution in [-0.2, 0) is 13.1 Å². The summed E-state index contributed by atoms with van der Waals surface area (Å²) in [6, 6.07) is 0. The summed E-state index contributed by atoms with van der Waals surface area (Å²) in [6.45, 7) is 8.74. The van der Waals surface area contributed by atoms with Gasteiger partial charge in [0.25, 0.3) is 0 Å². The van der Waals surface area contributed by atoms with Gasteiger partial charge < -0.3 is 5.32 Å². The van der Waals surface area contributed by atoms with Crippen LogP contribution in [0.4, 0.5) is 0 Å². The maximum atomic E-state index is 4.30. The van der Waals surface area contributed by atoms with Crippen LogP contribution in [0.1, 0.15) is 18.9 Å². The van der Waals surface area contributed by atoms with Crippen LogP contribution in [0, 0.1) is 0 Å². The van der Waals surface area contributed by atoms with Crippen LogP contribution in [0.15, 0.2) is 12.4 Å². The first-order valence-electron chi connectivity index (χ1n) is 5.83. The zero-order valence-electron chi connectivity index (χ0n) is 9.85. The molecule has 1 aliphatic rings. The largest absolute Gasteiger partial charge is 0.315 e. The fourth-order valence-electron chi connectivity index (χ4n) is 1.98. The van der Waals surface area contributed by atoms with E-state index in [0.29, 0.717) is 0 Å². The lowest BCUT2D eigenvalue weighted by atomic mass is 10.3. The SMILES string of the molecule is CCn1cc(CN2CCCNCC2)cn1.Cl. The lowest BCUT2D eigenvalue weighted by Crippen LogP contribution is -2.27. The molecule has 4 nitrogen and oxygen atoms in total. The van der Waals surface area contributed by atoms with Gasteiger partial charge in [0, 0.05) is 37.9 Å². The third-order valence-corrected chi connectivity index (χ3v) is 2.85. The van der Waals surface area contributed by atoms with Crippen molar-refractivity contribution in [3.8, 4) is 0 Å². The summed E-state index contributed by atoms with van der Waals surface area (Å²) >= 11 is 0. The summed E-state index contributed by atoms with van der Waals surface area (Å²) in [7, 11) is 0. The van der Waals surface area contributed by atoms with E-state index in [0.717, 1.165) is 32.7 Å². The average molecular weight is 245 g/mol. The lowest BCUT2D eigenvalue weighted by Gasteiger charge is -2.17. The second-order valence-corrected chi connectivity index (χ2v) is 4.08. The van der Waals surface area contributed by atoms with Crippen LogP contribution in [0.5, 0.6) is 0 Å². The molecular formula is C11H21ClN4. The number of aryl methyl sites for hydroxylation is 1. The van der Waals surface area contributed by atoms with Crippen molar-refractivity contribution >= 4 is 12.4 Å². The van der Waals surface area contributed by atoms with Gasteiger partial charge in [-0.1, -0.05) is 0 Å². The maximum Gasteiger partial charge on any atom is 0.0534 e. The van der Waals surface area contributed by atoms with Crippen molar-refractivity contribution in [3.05, 3.63) is 18.0 Å². The normalized spacial score (nSPS) is 17.8. The molecule has 0 saturated carbocycles. The fraction of sp³-hybridized carbons (Fsp3) is 0.727. The highest BCUT2D eigenvalue weighted by molar-refractivity contribution is 5.85. The first-order valence-corrected chi connectivity index (χ1v) is 5.83. The fourth-order valence-corrected chi connectivity index (χ4v) is 1.98. The Hall–Kier alpha value is -0.580. The molecule has 1 aromatic rings. The Morgan fingerprint density at radius 2 is 2.25 bits per heavy atom. The minimum absolute atomic E-state index is 0. The number of hydrogen-bond donors (Lipinski definition) is 1. The molecule has 1 aliphatic heterocycles. The average Bonchev–Trinajstić information content (AvgIpc) is 2.54. The summed E-state index contributed by atoms with van der Waals surface area (Å²) in [4.78, 5) is 2.50. The monoisotopic (exact) mass is 244 g/mol. The van der Waals surface area contributed by atoms with Crippen molar-refractivity contribution in [2.24, 2.45) is 0 Å². The molecule has 1 N–H and O–H groups in total. The van der Waals surface area contributed by atoms with Crippen molar-refractivity contribution in [3.63, 3.8) is 0 Å². The van der Waals surface area contributed by atoms with Crippen LogP contribution in [-0.4, -0.2) is 40.9 Å². The molecule has 0 spiro atoms. The van der Waals surface area contributed by atoms with Crippen LogP contribution in [0.3, 0.4) is 0 Å². The Kier molecular flexibility index (Phi) is 5.80. The van der Waals surface area contributed by atoms with E-state index in [1.54, 1.807) is 0 Å². The first kappa shape index (κ1) is 13.5. The Balaban J connectivity index is 0.00000128. The number of rotatable bonds is 3. The molecule has 16 heavy (non-hydrogen) atoms. The van der Waals surface area contributed by atoms with Crippen molar-refractivity contribution in [2.75, 3.05) is 26.2 Å². The van der Waals surface area contributed by atoms with Gasteiger partial charge in [-0.25, -0.2) is 0 Å². The quantitative estimate of drug-likeness (QED) is 0.865. The molecule has 1 fully saturated rings. The summed E-state index contributed by atoms with van der Waals surface area (Å²) in [5, 5.41) is 7.71. The van der Waals surface area contributed by atoms with Gasteiger partial charge in [-0.2, -0.15) is 5.10 Å². The molecule has 2 rings (SSSR count). The van der Waals surface area contributed by atoms with Gasteiger partial charge in [0.2, 0.25) is 0 Å². The minimum Gasteiger partial charge on any atom is -0.315 e. The van der Waals surface area contributed by atoms with E-state index < -0.39 is 0 Å². The predicted octanol–water partition coefficient (Wildman–Crippen LogP) is 1.12. The second-order valence-electron chi connectivity index (χ2n) is 4.08. The van der Waals surface area contributed by atoms with Gasteiger partial charge in [0.15, 0.2) is 0 Å². The van der Waals surface area contributed by atoms with Gasteiger partial charge >= 0.3 is 0 Å². The number of nitrogens with one attached hydrogen (secondary N) is 1. The molecule has 1 aromatic heterocycles. The summed E-state index contributed by atoms with van der Waals surface area (Å²) < 4.78 is 1.99. The van der Waals surface area contributed by atoms with Crippen LogP contribution in [0.2, 0.25) is 0 Å². The van der Waals surface area contributed by atoms with Crippen molar-refractivity contribution in [1.82, 2.24) is 20.0 Å². The molecule has 2 heterocycles. The third kappa shape index (κ3) is 3.77. The zero-order chi connectivity index (χ0) is 10.5. The molecule has 0 bridgehead atoms. The number of aromatic nitrogens is 2. The predicted molar refractivity (Wildman–Crippen MR) is 67.9 cm³/mol. The molecule has 0 atom stereocenters. The number of nitrogens with zero attached hydrogens (tertiary/aromatic N) is 3. The molecule has 0 aliphatic carbocycles. The minimum atomic E-state index is 0. The highest BCUT2D eigenvalue weighted by atomic mass is 35.5. The standard InChI is InChI=1S/C11H20N4.ClH/c1-2-15-10-11(8-13-15)9-14-6-3-4-12-5-7-14;/h8,10,12H,2-7,9H2,1H3;1H. The second kappa shape index (κ2) is 6.89. The highest BCUT2D eigenvalue weighted by Crippen LogP contribution is 2.05. The van der Waals surface area contributed by atoms with Crippen molar-refractivity contribution in [1.29, 1.82) is 0 Å². The zero-order valence-corrected chi connectivity index (χ0v) is 10.7. The molecule has 92 valence electrons.